The van der Waals surface area contributed by atoms with Gasteiger partial charge in [0.1, 0.15) is 0 Å². The van der Waals surface area contributed by atoms with E-state index in [0.717, 1.165) is 5.56 Å². The number of nitrogens with zero attached hydrogens (tertiary/aromatic N) is 3. The fourth-order valence-corrected chi connectivity index (χ4v) is 1.52. The van der Waals surface area contributed by atoms with Gasteiger partial charge in [-0.2, -0.15) is 0 Å². The Kier molecular flexibility index (Phi) is 3.47. The number of nitrogens with one attached hydrogen (secondary N) is 1. The lowest BCUT2D eigenvalue weighted by Gasteiger charge is -2.13. The van der Waals surface area contributed by atoms with Crippen LogP contribution < -0.4 is 11.1 Å². The van der Waals surface area contributed by atoms with E-state index in [2.05, 4.69) is 20.3 Å². The average Bonchev–Trinajstić information content (AvgIpc) is 2.40. The Labute approximate surface area is 104 Å². The summed E-state index contributed by atoms with van der Waals surface area (Å²) in [5.74, 6) is -0.221. The molecule has 6 nitrogen and oxygen atoms in total. The monoisotopic (exact) mass is 243 g/mol. The Balaban J connectivity index is 2.11. The molecule has 2 heterocycles. The molecule has 0 fully saturated rings. The Hall–Kier alpha value is -2.50. The van der Waals surface area contributed by atoms with Crippen LogP contribution in [-0.2, 0) is 0 Å². The lowest BCUT2D eigenvalue weighted by Crippen LogP contribution is -2.28. The Morgan fingerprint density at radius 3 is 2.56 bits per heavy atom. The van der Waals surface area contributed by atoms with Gasteiger partial charge in [0.2, 0.25) is 0 Å². The van der Waals surface area contributed by atoms with Gasteiger partial charge in [-0.25, -0.2) is 9.97 Å². The summed E-state index contributed by atoms with van der Waals surface area (Å²) >= 11 is 0. The normalized spacial score (nSPS) is 11.8. The van der Waals surface area contributed by atoms with Crippen LogP contribution in [0.1, 0.15) is 29.0 Å². The van der Waals surface area contributed by atoms with Crippen molar-refractivity contribution in [3.05, 3.63) is 48.2 Å². The van der Waals surface area contributed by atoms with E-state index >= 15 is 0 Å². The number of aromatic nitrogens is 3. The zero-order chi connectivity index (χ0) is 13.0. The van der Waals surface area contributed by atoms with Gasteiger partial charge in [0.15, 0.2) is 11.5 Å². The molecule has 18 heavy (non-hydrogen) atoms. The summed E-state index contributed by atoms with van der Waals surface area (Å²) < 4.78 is 0. The van der Waals surface area contributed by atoms with Crippen LogP contribution in [0.5, 0.6) is 0 Å². The largest absolute Gasteiger partial charge is 0.382 e. The molecule has 0 aliphatic rings. The number of carbonyl (C=O) groups is 1. The molecule has 2 aromatic heterocycles. The maximum absolute atomic E-state index is 11.9. The molecular weight excluding hydrogens is 230 g/mol. The second kappa shape index (κ2) is 5.22. The van der Waals surface area contributed by atoms with Crippen molar-refractivity contribution in [2.45, 2.75) is 13.0 Å². The molecule has 2 rings (SSSR count). The lowest BCUT2D eigenvalue weighted by molar-refractivity contribution is 0.0935. The minimum atomic E-state index is -0.343. The van der Waals surface area contributed by atoms with Gasteiger partial charge in [-0.05, 0) is 24.6 Å². The smallest absolute Gasteiger partial charge is 0.274 e. The van der Waals surface area contributed by atoms with Crippen LogP contribution >= 0.6 is 0 Å². The molecule has 0 aliphatic heterocycles. The molecule has 92 valence electrons. The van der Waals surface area contributed by atoms with Gasteiger partial charge in [0.25, 0.3) is 5.91 Å². The quantitative estimate of drug-likeness (QED) is 0.836. The second-order valence-electron chi connectivity index (χ2n) is 3.77. The summed E-state index contributed by atoms with van der Waals surface area (Å²) in [7, 11) is 0. The maximum Gasteiger partial charge on any atom is 0.274 e. The molecule has 0 spiro atoms. The first-order valence-electron chi connectivity index (χ1n) is 5.45. The standard InChI is InChI=1S/C12H13N5O/c1-8(9-2-4-14-5-3-9)17-12(18)10-11(13)16-7-6-15-10/h2-8H,1H3,(H2,13,16)(H,17,18). The fraction of sp³-hybridized carbons (Fsp3) is 0.167. The second-order valence-corrected chi connectivity index (χ2v) is 3.77. The number of hydrogen-bond acceptors (Lipinski definition) is 5. The molecule has 0 aliphatic carbocycles. The van der Waals surface area contributed by atoms with Gasteiger partial charge in [-0.15, -0.1) is 0 Å². The van der Waals surface area contributed by atoms with Gasteiger partial charge in [-0.1, -0.05) is 0 Å². The van der Waals surface area contributed by atoms with Crippen molar-refractivity contribution in [2.24, 2.45) is 0 Å². The van der Waals surface area contributed by atoms with Crippen LogP contribution in [0.2, 0.25) is 0 Å². The molecule has 0 aromatic carbocycles. The Morgan fingerprint density at radius 1 is 1.22 bits per heavy atom. The molecule has 1 atom stereocenters. The van der Waals surface area contributed by atoms with E-state index in [0.29, 0.717) is 0 Å². The van der Waals surface area contributed by atoms with E-state index in [9.17, 15) is 4.79 Å². The Bertz CT molecular complexity index is 543. The van der Waals surface area contributed by atoms with E-state index < -0.39 is 0 Å². The van der Waals surface area contributed by atoms with Crippen LogP contribution in [-0.4, -0.2) is 20.9 Å². The molecule has 3 N–H and O–H groups in total. The fourth-order valence-electron chi connectivity index (χ4n) is 1.52. The summed E-state index contributed by atoms with van der Waals surface area (Å²) in [5.41, 5.74) is 6.69. The van der Waals surface area contributed by atoms with Crippen LogP contribution in [0, 0.1) is 0 Å². The third-order valence-electron chi connectivity index (χ3n) is 2.50. The average molecular weight is 243 g/mol. The lowest BCUT2D eigenvalue weighted by atomic mass is 10.1. The highest BCUT2D eigenvalue weighted by molar-refractivity contribution is 5.96. The molecule has 0 radical (unpaired) electrons. The molecular formula is C12H13N5O. The minimum absolute atomic E-state index is 0.122. The molecule has 0 saturated heterocycles. The zero-order valence-corrected chi connectivity index (χ0v) is 9.87. The number of pyridine rings is 1. The molecule has 6 heteroatoms. The summed E-state index contributed by atoms with van der Waals surface area (Å²) in [4.78, 5) is 23.6. The van der Waals surface area contributed by atoms with Crippen molar-refractivity contribution >= 4 is 11.7 Å². The summed E-state index contributed by atoms with van der Waals surface area (Å²) in [6.07, 6.45) is 6.23. The van der Waals surface area contributed by atoms with Gasteiger partial charge >= 0.3 is 0 Å². The van der Waals surface area contributed by atoms with Crippen molar-refractivity contribution in [1.82, 2.24) is 20.3 Å². The van der Waals surface area contributed by atoms with Crippen LogP contribution in [0.3, 0.4) is 0 Å². The SMILES string of the molecule is CC(NC(=O)c1nccnc1N)c1ccncc1. The van der Waals surface area contributed by atoms with Crippen molar-refractivity contribution < 1.29 is 4.79 Å². The Morgan fingerprint density at radius 2 is 1.89 bits per heavy atom. The van der Waals surface area contributed by atoms with Gasteiger partial charge in [0, 0.05) is 24.8 Å². The number of nitrogen functional groups attached to an aromatic ring is 1. The van der Waals surface area contributed by atoms with E-state index in [-0.39, 0.29) is 23.5 Å². The third-order valence-corrected chi connectivity index (χ3v) is 2.50. The number of anilines is 1. The highest BCUT2D eigenvalue weighted by atomic mass is 16.2. The first-order chi connectivity index (χ1) is 8.68. The van der Waals surface area contributed by atoms with Crippen LogP contribution in [0.4, 0.5) is 5.82 Å². The summed E-state index contributed by atoms with van der Waals surface area (Å²) in [6, 6.07) is 3.53. The van der Waals surface area contributed by atoms with Gasteiger partial charge < -0.3 is 11.1 Å². The van der Waals surface area contributed by atoms with Gasteiger partial charge in [-0.3, -0.25) is 9.78 Å². The molecule has 2 aromatic rings. The summed E-state index contributed by atoms with van der Waals surface area (Å²) in [6.45, 7) is 1.87. The predicted octanol–water partition coefficient (Wildman–Crippen LogP) is 0.945. The van der Waals surface area contributed by atoms with Crippen molar-refractivity contribution in [2.75, 3.05) is 5.73 Å². The predicted molar refractivity (Wildman–Crippen MR) is 66.6 cm³/mol. The molecule has 1 amide bonds. The van der Waals surface area contributed by atoms with Crippen molar-refractivity contribution in [1.29, 1.82) is 0 Å². The molecule has 0 saturated carbocycles. The van der Waals surface area contributed by atoms with E-state index in [1.54, 1.807) is 12.4 Å². The van der Waals surface area contributed by atoms with E-state index in [1.165, 1.54) is 12.4 Å². The number of hydrogen-bond donors (Lipinski definition) is 2. The van der Waals surface area contributed by atoms with Crippen LogP contribution in [0.15, 0.2) is 36.9 Å². The highest BCUT2D eigenvalue weighted by Gasteiger charge is 2.15. The maximum atomic E-state index is 11.9. The molecule has 1 unspecified atom stereocenters. The minimum Gasteiger partial charge on any atom is -0.382 e. The van der Waals surface area contributed by atoms with Crippen molar-refractivity contribution in [3.8, 4) is 0 Å². The first kappa shape index (κ1) is 12.0. The van der Waals surface area contributed by atoms with E-state index in [1.807, 2.05) is 19.1 Å². The van der Waals surface area contributed by atoms with Crippen LogP contribution in [0.25, 0.3) is 0 Å². The van der Waals surface area contributed by atoms with Crippen molar-refractivity contribution in [3.63, 3.8) is 0 Å². The topological polar surface area (TPSA) is 93.8 Å². The number of carbonyl (C=O) groups excluding carboxylic acids is 1. The van der Waals surface area contributed by atoms with Gasteiger partial charge in [0.05, 0.1) is 6.04 Å². The first-order valence-corrected chi connectivity index (χ1v) is 5.45. The number of nitrogens with two attached hydrogens (primary N) is 1. The highest BCUT2D eigenvalue weighted by Crippen LogP contribution is 2.12. The number of amides is 1. The zero-order valence-electron chi connectivity index (χ0n) is 9.87. The van der Waals surface area contributed by atoms with E-state index in [4.69, 9.17) is 5.73 Å². The third kappa shape index (κ3) is 2.60. The molecule has 0 bridgehead atoms. The summed E-state index contributed by atoms with van der Waals surface area (Å²) in [5, 5.41) is 2.80. The number of rotatable bonds is 3.